The standard InChI is InChI=1S/C17H17N3O/c1-3-19-16-10-12(2)4-9-15(16)17(21)20-14-7-5-13(11-18)6-8-14/h4-10,19H,3H2,1-2H3,(H,20,21). The van der Waals surface area contributed by atoms with Crippen molar-refractivity contribution in [3.63, 3.8) is 0 Å². The summed E-state index contributed by atoms with van der Waals surface area (Å²) in [4.78, 5) is 12.4. The van der Waals surface area contributed by atoms with Crippen molar-refractivity contribution in [1.29, 1.82) is 5.26 Å². The number of amides is 1. The minimum Gasteiger partial charge on any atom is -0.385 e. The fourth-order valence-electron chi connectivity index (χ4n) is 2.02. The molecule has 0 aromatic heterocycles. The Bertz CT molecular complexity index is 684. The van der Waals surface area contributed by atoms with Gasteiger partial charge in [-0.15, -0.1) is 0 Å². The predicted molar refractivity (Wildman–Crippen MR) is 84.5 cm³/mol. The maximum absolute atomic E-state index is 12.4. The van der Waals surface area contributed by atoms with E-state index in [0.717, 1.165) is 17.8 Å². The van der Waals surface area contributed by atoms with Gasteiger partial charge in [0, 0.05) is 17.9 Å². The summed E-state index contributed by atoms with van der Waals surface area (Å²) in [5, 5.41) is 14.8. The third-order valence-corrected chi connectivity index (χ3v) is 3.06. The predicted octanol–water partition coefficient (Wildman–Crippen LogP) is 3.55. The van der Waals surface area contributed by atoms with Gasteiger partial charge in [-0.2, -0.15) is 5.26 Å². The summed E-state index contributed by atoms with van der Waals surface area (Å²) in [5.74, 6) is -0.171. The first-order chi connectivity index (χ1) is 10.1. The summed E-state index contributed by atoms with van der Waals surface area (Å²) in [5.41, 5.74) is 3.76. The minimum atomic E-state index is -0.171. The van der Waals surface area contributed by atoms with Gasteiger partial charge in [-0.1, -0.05) is 6.07 Å². The first-order valence-corrected chi connectivity index (χ1v) is 6.80. The van der Waals surface area contributed by atoms with Gasteiger partial charge in [0.25, 0.3) is 5.91 Å². The number of carbonyl (C=O) groups is 1. The van der Waals surface area contributed by atoms with Gasteiger partial charge in [-0.3, -0.25) is 4.79 Å². The van der Waals surface area contributed by atoms with E-state index >= 15 is 0 Å². The van der Waals surface area contributed by atoms with Crippen molar-refractivity contribution in [2.24, 2.45) is 0 Å². The van der Waals surface area contributed by atoms with E-state index in [1.54, 1.807) is 24.3 Å². The van der Waals surface area contributed by atoms with Crippen LogP contribution < -0.4 is 10.6 Å². The van der Waals surface area contributed by atoms with E-state index < -0.39 is 0 Å². The molecule has 0 saturated heterocycles. The Balaban J connectivity index is 2.21. The molecule has 0 bridgehead atoms. The summed E-state index contributed by atoms with van der Waals surface area (Å²) in [7, 11) is 0. The molecule has 106 valence electrons. The van der Waals surface area contributed by atoms with E-state index in [1.165, 1.54) is 0 Å². The average Bonchev–Trinajstić information content (AvgIpc) is 2.48. The third kappa shape index (κ3) is 3.61. The number of anilines is 2. The monoisotopic (exact) mass is 279 g/mol. The lowest BCUT2D eigenvalue weighted by Crippen LogP contribution is -2.15. The van der Waals surface area contributed by atoms with Crippen molar-refractivity contribution in [3.8, 4) is 6.07 Å². The lowest BCUT2D eigenvalue weighted by atomic mass is 10.1. The Hall–Kier alpha value is -2.80. The molecule has 4 heteroatoms. The van der Waals surface area contributed by atoms with Crippen LogP contribution in [0, 0.1) is 18.3 Å². The number of hydrogen-bond donors (Lipinski definition) is 2. The molecule has 0 fully saturated rings. The molecule has 0 heterocycles. The highest BCUT2D eigenvalue weighted by atomic mass is 16.1. The first kappa shape index (κ1) is 14.6. The maximum Gasteiger partial charge on any atom is 0.257 e. The molecule has 0 aliphatic heterocycles. The van der Waals surface area contributed by atoms with E-state index in [4.69, 9.17) is 5.26 Å². The Morgan fingerprint density at radius 2 is 1.90 bits per heavy atom. The molecule has 0 unspecified atom stereocenters. The number of nitriles is 1. The molecule has 1 amide bonds. The minimum absolute atomic E-state index is 0.171. The fourth-order valence-corrected chi connectivity index (χ4v) is 2.02. The van der Waals surface area contributed by atoms with Crippen molar-refractivity contribution in [1.82, 2.24) is 0 Å². The van der Waals surface area contributed by atoms with E-state index in [9.17, 15) is 4.79 Å². The number of hydrogen-bond acceptors (Lipinski definition) is 3. The van der Waals surface area contributed by atoms with Crippen LogP contribution in [0.15, 0.2) is 42.5 Å². The number of nitrogens with zero attached hydrogens (tertiary/aromatic N) is 1. The second-order valence-electron chi connectivity index (χ2n) is 4.72. The molecular weight excluding hydrogens is 262 g/mol. The quantitative estimate of drug-likeness (QED) is 0.899. The number of carbonyl (C=O) groups excluding carboxylic acids is 1. The molecule has 0 atom stereocenters. The molecule has 2 aromatic rings. The van der Waals surface area contributed by atoms with Gasteiger partial charge in [0.15, 0.2) is 0 Å². The van der Waals surface area contributed by atoms with Crippen LogP contribution in [-0.2, 0) is 0 Å². The first-order valence-electron chi connectivity index (χ1n) is 6.80. The van der Waals surface area contributed by atoms with Crippen molar-refractivity contribution in [2.45, 2.75) is 13.8 Å². The summed E-state index contributed by atoms with van der Waals surface area (Å²) in [6.45, 7) is 4.73. The molecule has 0 aliphatic rings. The third-order valence-electron chi connectivity index (χ3n) is 3.06. The van der Waals surface area contributed by atoms with Gasteiger partial charge in [-0.05, 0) is 55.8 Å². The molecule has 21 heavy (non-hydrogen) atoms. The zero-order valence-corrected chi connectivity index (χ0v) is 12.1. The molecule has 0 spiro atoms. The molecule has 2 rings (SSSR count). The van der Waals surface area contributed by atoms with Gasteiger partial charge in [0.05, 0.1) is 17.2 Å². The van der Waals surface area contributed by atoms with E-state index in [1.807, 2.05) is 38.1 Å². The van der Waals surface area contributed by atoms with E-state index in [-0.39, 0.29) is 5.91 Å². The number of nitrogens with one attached hydrogen (secondary N) is 2. The van der Waals surface area contributed by atoms with Crippen LogP contribution in [0.3, 0.4) is 0 Å². The Morgan fingerprint density at radius 3 is 2.52 bits per heavy atom. The molecular formula is C17H17N3O. The topological polar surface area (TPSA) is 64.9 Å². The lowest BCUT2D eigenvalue weighted by molar-refractivity contribution is 0.102. The molecule has 0 saturated carbocycles. The molecule has 4 nitrogen and oxygen atoms in total. The van der Waals surface area contributed by atoms with Gasteiger partial charge in [-0.25, -0.2) is 0 Å². The molecule has 2 aromatic carbocycles. The van der Waals surface area contributed by atoms with E-state index in [2.05, 4.69) is 10.6 Å². The van der Waals surface area contributed by atoms with Crippen LogP contribution in [0.4, 0.5) is 11.4 Å². The Labute approximate surface area is 124 Å². The Kier molecular flexibility index (Phi) is 4.57. The highest BCUT2D eigenvalue weighted by Gasteiger charge is 2.11. The normalized spacial score (nSPS) is 9.76. The van der Waals surface area contributed by atoms with Gasteiger partial charge >= 0.3 is 0 Å². The average molecular weight is 279 g/mol. The van der Waals surface area contributed by atoms with Crippen molar-refractivity contribution in [3.05, 3.63) is 59.2 Å². The van der Waals surface area contributed by atoms with Gasteiger partial charge in [0.2, 0.25) is 0 Å². The van der Waals surface area contributed by atoms with Crippen LogP contribution >= 0.6 is 0 Å². The van der Waals surface area contributed by atoms with Crippen molar-refractivity contribution in [2.75, 3.05) is 17.2 Å². The SMILES string of the molecule is CCNc1cc(C)ccc1C(=O)Nc1ccc(C#N)cc1. The summed E-state index contributed by atoms with van der Waals surface area (Å²) >= 11 is 0. The van der Waals surface area contributed by atoms with Gasteiger partial charge in [0.1, 0.15) is 0 Å². The summed E-state index contributed by atoms with van der Waals surface area (Å²) in [6.07, 6.45) is 0. The van der Waals surface area contributed by atoms with Crippen LogP contribution in [-0.4, -0.2) is 12.5 Å². The van der Waals surface area contributed by atoms with Crippen LogP contribution in [0.25, 0.3) is 0 Å². The second kappa shape index (κ2) is 6.58. The van der Waals surface area contributed by atoms with Crippen molar-refractivity contribution >= 4 is 17.3 Å². The summed E-state index contributed by atoms with van der Waals surface area (Å²) < 4.78 is 0. The Morgan fingerprint density at radius 1 is 1.19 bits per heavy atom. The largest absolute Gasteiger partial charge is 0.385 e. The second-order valence-corrected chi connectivity index (χ2v) is 4.72. The number of benzene rings is 2. The van der Waals surface area contributed by atoms with Crippen LogP contribution in [0.1, 0.15) is 28.4 Å². The van der Waals surface area contributed by atoms with Crippen LogP contribution in [0.5, 0.6) is 0 Å². The zero-order chi connectivity index (χ0) is 15.2. The highest BCUT2D eigenvalue weighted by molar-refractivity contribution is 6.08. The fraction of sp³-hybridized carbons (Fsp3) is 0.176. The molecule has 0 radical (unpaired) electrons. The molecule has 2 N–H and O–H groups in total. The van der Waals surface area contributed by atoms with Gasteiger partial charge < -0.3 is 10.6 Å². The number of aryl methyl sites for hydroxylation is 1. The van der Waals surface area contributed by atoms with E-state index in [0.29, 0.717) is 16.8 Å². The maximum atomic E-state index is 12.4. The van der Waals surface area contributed by atoms with Crippen molar-refractivity contribution < 1.29 is 4.79 Å². The smallest absolute Gasteiger partial charge is 0.257 e. The lowest BCUT2D eigenvalue weighted by Gasteiger charge is -2.12. The highest BCUT2D eigenvalue weighted by Crippen LogP contribution is 2.19. The molecule has 0 aliphatic carbocycles. The van der Waals surface area contributed by atoms with Crippen LogP contribution in [0.2, 0.25) is 0 Å². The zero-order valence-electron chi connectivity index (χ0n) is 12.1. The summed E-state index contributed by atoms with van der Waals surface area (Å²) in [6, 6.07) is 14.5. The number of rotatable bonds is 4.